The predicted molar refractivity (Wildman–Crippen MR) is 300 cm³/mol. The van der Waals surface area contributed by atoms with E-state index in [0.29, 0.717) is 0 Å². The summed E-state index contributed by atoms with van der Waals surface area (Å²) < 4.78 is 0. The Morgan fingerprint density at radius 3 is 0.657 bits per heavy atom. The molecular formula is C70H70. The van der Waals surface area contributed by atoms with Gasteiger partial charge >= 0.3 is 0 Å². The predicted octanol–water partition coefficient (Wildman–Crippen LogP) is 17.6. The minimum Gasteiger partial charge on any atom is -0.0654 e. The van der Waals surface area contributed by atoms with Crippen molar-refractivity contribution in [3.63, 3.8) is 0 Å². The number of aryl methyl sites for hydroxylation is 4. The van der Waals surface area contributed by atoms with Crippen molar-refractivity contribution in [2.45, 2.75) is 130 Å². The molecule has 0 heteroatoms. The zero-order valence-corrected chi connectivity index (χ0v) is 42.3. The molecule has 7 aromatic rings. The molecule has 7 rings (SSSR count). The molecule has 0 amide bonds. The van der Waals surface area contributed by atoms with Crippen molar-refractivity contribution in [1.29, 1.82) is 0 Å². The summed E-state index contributed by atoms with van der Waals surface area (Å²) in [5.74, 6) is 28.1. The number of benzene rings is 7. The average molecular weight is 911 g/mol. The van der Waals surface area contributed by atoms with Gasteiger partial charge in [0.25, 0.3) is 0 Å². The van der Waals surface area contributed by atoms with Crippen molar-refractivity contribution in [2.75, 3.05) is 0 Å². The minimum absolute atomic E-state index is 0.827. The molecule has 0 aliphatic rings. The van der Waals surface area contributed by atoms with Gasteiger partial charge in [-0.2, -0.15) is 0 Å². The van der Waals surface area contributed by atoms with Crippen LogP contribution in [-0.4, -0.2) is 0 Å². The van der Waals surface area contributed by atoms with Crippen molar-refractivity contribution in [3.8, 4) is 69.6 Å². The van der Waals surface area contributed by atoms with Gasteiger partial charge < -0.3 is 0 Å². The fraction of sp³-hybridized carbons (Fsp3) is 0.286. The minimum atomic E-state index is 0.827. The first-order chi connectivity index (χ1) is 34.5. The maximum absolute atomic E-state index is 3.54. The molecule has 0 aliphatic carbocycles. The van der Waals surface area contributed by atoms with Crippen LogP contribution in [0.3, 0.4) is 0 Å². The normalized spacial score (nSPS) is 10.5. The van der Waals surface area contributed by atoms with Crippen molar-refractivity contribution >= 4 is 0 Å². The first-order valence-corrected chi connectivity index (χ1v) is 26.3. The van der Waals surface area contributed by atoms with E-state index in [1.807, 2.05) is 0 Å². The Morgan fingerprint density at radius 2 is 0.429 bits per heavy atom. The quantitative estimate of drug-likeness (QED) is 0.0594. The lowest BCUT2D eigenvalue weighted by Gasteiger charge is -2.06. The van der Waals surface area contributed by atoms with Crippen LogP contribution in [0.15, 0.2) is 158 Å². The molecule has 7 aromatic carbocycles. The zero-order chi connectivity index (χ0) is 48.6. The van der Waals surface area contributed by atoms with E-state index < -0.39 is 0 Å². The topological polar surface area (TPSA) is 0 Å². The molecule has 0 aromatic heterocycles. The average Bonchev–Trinajstić information content (AvgIpc) is 3.40. The third-order valence-corrected chi connectivity index (χ3v) is 13.1. The highest BCUT2D eigenvalue weighted by atomic mass is 14.1. The molecule has 0 spiro atoms. The van der Waals surface area contributed by atoms with E-state index in [-0.39, 0.29) is 0 Å². The van der Waals surface area contributed by atoms with Crippen LogP contribution in [0.25, 0.3) is 22.3 Å². The highest BCUT2D eigenvalue weighted by molar-refractivity contribution is 5.68. The molecule has 0 heterocycles. The van der Waals surface area contributed by atoms with Crippen LogP contribution in [0.1, 0.15) is 172 Å². The second kappa shape index (κ2) is 27.7. The standard InChI is InChI=1S/C70H70/c1-5-9-13-17-55-21-25-59(26-22-55)37-49-67-53-70(52-40-62-35-47-66(48-36-62)64-43-31-58(32-44-64)20-16-12-8-4)68(50-38-60-27-23-56(24-28-60)18-14-10-6-2)54-69(67)51-39-61-33-45-65(46-34-61)63-41-29-57(30-42-63)19-15-11-7-3/h21-36,41-48,53-54H,5-20H2,1-4H3. The van der Waals surface area contributed by atoms with Crippen LogP contribution >= 0.6 is 0 Å². The van der Waals surface area contributed by atoms with E-state index in [2.05, 4.69) is 233 Å². The Kier molecular flexibility index (Phi) is 20.0. The lowest BCUT2D eigenvalue weighted by Crippen LogP contribution is -1.93. The summed E-state index contributed by atoms with van der Waals surface area (Å²) in [5, 5.41) is 0. The van der Waals surface area contributed by atoms with E-state index in [1.54, 1.807) is 0 Å². The fourth-order valence-corrected chi connectivity index (χ4v) is 8.62. The van der Waals surface area contributed by atoms with Gasteiger partial charge in [-0.1, -0.05) is 223 Å². The first kappa shape index (κ1) is 50.7. The molecular weight excluding hydrogens is 841 g/mol. The number of unbranched alkanes of at least 4 members (excludes halogenated alkanes) is 8. The van der Waals surface area contributed by atoms with Crippen molar-refractivity contribution in [2.24, 2.45) is 0 Å². The van der Waals surface area contributed by atoms with Crippen LogP contribution < -0.4 is 0 Å². The Labute approximate surface area is 422 Å². The van der Waals surface area contributed by atoms with Crippen LogP contribution in [-0.2, 0) is 25.7 Å². The van der Waals surface area contributed by atoms with Crippen LogP contribution in [0.5, 0.6) is 0 Å². The van der Waals surface area contributed by atoms with Gasteiger partial charge in [0.1, 0.15) is 0 Å². The van der Waals surface area contributed by atoms with Gasteiger partial charge in [0, 0.05) is 44.5 Å². The van der Waals surface area contributed by atoms with E-state index in [0.717, 1.165) is 70.2 Å². The van der Waals surface area contributed by atoms with Crippen molar-refractivity contribution < 1.29 is 0 Å². The van der Waals surface area contributed by atoms with Crippen LogP contribution in [0.2, 0.25) is 0 Å². The lowest BCUT2D eigenvalue weighted by molar-refractivity contribution is 0.717. The van der Waals surface area contributed by atoms with Crippen LogP contribution in [0, 0.1) is 47.4 Å². The van der Waals surface area contributed by atoms with Crippen LogP contribution in [0.4, 0.5) is 0 Å². The Morgan fingerprint density at radius 1 is 0.229 bits per heavy atom. The second-order valence-corrected chi connectivity index (χ2v) is 18.7. The molecule has 350 valence electrons. The third kappa shape index (κ3) is 15.9. The maximum atomic E-state index is 3.54. The molecule has 0 atom stereocenters. The largest absolute Gasteiger partial charge is 0.0654 e. The Bertz CT molecular complexity index is 2760. The summed E-state index contributed by atoms with van der Waals surface area (Å²) in [6, 6.07) is 56.8. The molecule has 0 saturated carbocycles. The summed E-state index contributed by atoms with van der Waals surface area (Å²) >= 11 is 0. The van der Waals surface area contributed by atoms with E-state index in [1.165, 1.54) is 122 Å². The fourth-order valence-electron chi connectivity index (χ4n) is 8.62. The van der Waals surface area contributed by atoms with Gasteiger partial charge in [0.05, 0.1) is 0 Å². The molecule has 0 unspecified atom stereocenters. The molecule has 0 aliphatic heterocycles. The monoisotopic (exact) mass is 911 g/mol. The van der Waals surface area contributed by atoms with Gasteiger partial charge in [-0.15, -0.1) is 0 Å². The van der Waals surface area contributed by atoms with E-state index in [9.17, 15) is 0 Å². The molecule has 0 fully saturated rings. The van der Waals surface area contributed by atoms with Gasteiger partial charge in [-0.05, 0) is 157 Å². The highest BCUT2D eigenvalue weighted by Gasteiger charge is 2.08. The SMILES string of the molecule is CCCCCc1ccc(C#Cc2cc(C#Cc3ccc(-c4ccc(CCCCC)cc4)cc3)c(C#Cc3ccc(CCCCC)cc3)cc2C#Cc2ccc(-c3ccc(CCCCC)cc3)cc2)cc1. The molecule has 70 heavy (non-hydrogen) atoms. The lowest BCUT2D eigenvalue weighted by atomic mass is 9.97. The Hall–Kier alpha value is -7.22. The van der Waals surface area contributed by atoms with Crippen molar-refractivity contribution in [3.05, 3.63) is 224 Å². The smallest absolute Gasteiger partial charge is 0.0419 e. The van der Waals surface area contributed by atoms with Gasteiger partial charge in [0.15, 0.2) is 0 Å². The Balaban J connectivity index is 1.23. The van der Waals surface area contributed by atoms with Gasteiger partial charge in [0.2, 0.25) is 0 Å². The molecule has 0 radical (unpaired) electrons. The highest BCUT2D eigenvalue weighted by Crippen LogP contribution is 2.24. The summed E-state index contributed by atoms with van der Waals surface area (Å²) in [4.78, 5) is 0. The third-order valence-electron chi connectivity index (χ3n) is 13.1. The molecule has 0 N–H and O–H groups in total. The number of hydrogen-bond donors (Lipinski definition) is 0. The number of hydrogen-bond acceptors (Lipinski definition) is 0. The molecule has 0 nitrogen and oxygen atoms in total. The van der Waals surface area contributed by atoms with Crippen molar-refractivity contribution in [1.82, 2.24) is 0 Å². The molecule has 0 saturated heterocycles. The summed E-state index contributed by atoms with van der Waals surface area (Å²) in [7, 11) is 0. The summed E-state index contributed by atoms with van der Waals surface area (Å²) in [6.45, 7) is 9.01. The summed E-state index contributed by atoms with van der Waals surface area (Å²) in [6.07, 6.45) is 19.3. The maximum Gasteiger partial charge on any atom is 0.0419 e. The van der Waals surface area contributed by atoms with E-state index in [4.69, 9.17) is 0 Å². The van der Waals surface area contributed by atoms with Gasteiger partial charge in [-0.3, -0.25) is 0 Å². The molecule has 0 bridgehead atoms. The zero-order valence-electron chi connectivity index (χ0n) is 42.3. The number of rotatable bonds is 18. The summed E-state index contributed by atoms with van der Waals surface area (Å²) in [5.41, 5.74) is 17.5. The first-order valence-electron chi connectivity index (χ1n) is 26.3. The van der Waals surface area contributed by atoms with E-state index >= 15 is 0 Å². The van der Waals surface area contributed by atoms with Gasteiger partial charge in [-0.25, -0.2) is 0 Å². The second-order valence-electron chi connectivity index (χ2n) is 18.7.